The zero-order valence-electron chi connectivity index (χ0n) is 13.1. The lowest BCUT2D eigenvalue weighted by Crippen LogP contribution is -2.38. The van der Waals surface area contributed by atoms with Crippen molar-refractivity contribution >= 4 is 29.1 Å². The highest BCUT2D eigenvalue weighted by Gasteiger charge is 2.16. The molecule has 0 aromatic heterocycles. The van der Waals surface area contributed by atoms with Gasteiger partial charge in [-0.3, -0.25) is 9.59 Å². The molecular weight excluding hydrogens is 288 g/mol. The van der Waals surface area contributed by atoms with Gasteiger partial charge in [0, 0.05) is 36.6 Å². The number of hydrogen-bond acceptors (Lipinski definition) is 2. The predicted molar refractivity (Wildman–Crippen MR) is 86.6 cm³/mol. The molecule has 0 bridgehead atoms. The van der Waals surface area contributed by atoms with E-state index in [1.807, 2.05) is 26.8 Å². The lowest BCUT2D eigenvalue weighted by Gasteiger charge is -2.27. The van der Waals surface area contributed by atoms with E-state index < -0.39 is 0 Å². The Hall–Kier alpha value is -1.55. The van der Waals surface area contributed by atoms with Crippen molar-refractivity contribution in [3.63, 3.8) is 0 Å². The summed E-state index contributed by atoms with van der Waals surface area (Å²) >= 11 is 6.02. The molecule has 21 heavy (non-hydrogen) atoms. The van der Waals surface area contributed by atoms with Crippen LogP contribution in [-0.4, -0.2) is 29.3 Å². The zero-order chi connectivity index (χ0) is 16.0. The minimum absolute atomic E-state index is 0.00362. The van der Waals surface area contributed by atoms with Gasteiger partial charge in [-0.1, -0.05) is 24.6 Å². The van der Waals surface area contributed by atoms with E-state index in [0.717, 1.165) is 12.0 Å². The van der Waals surface area contributed by atoms with Gasteiger partial charge in [0.1, 0.15) is 0 Å². The molecule has 0 radical (unpaired) electrons. The quantitative estimate of drug-likeness (QED) is 0.872. The van der Waals surface area contributed by atoms with Gasteiger partial charge in [-0.25, -0.2) is 0 Å². The molecule has 1 N–H and O–H groups in total. The summed E-state index contributed by atoms with van der Waals surface area (Å²) in [6.07, 6.45) is 1.14. The van der Waals surface area contributed by atoms with Crippen LogP contribution in [0.1, 0.15) is 39.2 Å². The standard InChI is InChI=1S/C16H23ClN2O2/c1-5-11(2)19(13(4)20)10-9-16(21)18-15-8-6-7-14(17)12(15)3/h6-8,11H,5,9-10H2,1-4H3,(H,18,21). The Labute approximate surface area is 131 Å². The number of hydrogen-bond donors (Lipinski definition) is 1. The van der Waals surface area contributed by atoms with Crippen LogP contribution in [0.15, 0.2) is 18.2 Å². The fourth-order valence-corrected chi connectivity index (χ4v) is 2.26. The van der Waals surface area contributed by atoms with Gasteiger partial charge in [0.2, 0.25) is 11.8 Å². The van der Waals surface area contributed by atoms with Crippen LogP contribution < -0.4 is 5.32 Å². The van der Waals surface area contributed by atoms with Crippen LogP contribution >= 0.6 is 11.6 Å². The summed E-state index contributed by atoms with van der Waals surface area (Å²) in [5.41, 5.74) is 1.56. The third-order valence-electron chi connectivity index (χ3n) is 3.65. The predicted octanol–water partition coefficient (Wildman–Crippen LogP) is 3.62. The van der Waals surface area contributed by atoms with Crippen molar-refractivity contribution < 1.29 is 9.59 Å². The first-order chi connectivity index (χ1) is 9.86. The number of nitrogens with one attached hydrogen (secondary N) is 1. The molecule has 0 heterocycles. The summed E-state index contributed by atoms with van der Waals surface area (Å²) in [5, 5.41) is 3.46. The number of halogens is 1. The van der Waals surface area contributed by atoms with E-state index in [4.69, 9.17) is 11.6 Å². The number of nitrogens with zero attached hydrogens (tertiary/aromatic N) is 1. The van der Waals surface area contributed by atoms with Crippen molar-refractivity contribution in [1.82, 2.24) is 4.90 Å². The summed E-state index contributed by atoms with van der Waals surface area (Å²) < 4.78 is 0. The second-order valence-electron chi connectivity index (χ2n) is 5.18. The van der Waals surface area contributed by atoms with E-state index >= 15 is 0 Å². The van der Waals surface area contributed by atoms with Crippen molar-refractivity contribution in [1.29, 1.82) is 0 Å². The first-order valence-corrected chi connectivity index (χ1v) is 7.56. The lowest BCUT2D eigenvalue weighted by molar-refractivity contribution is -0.131. The number of anilines is 1. The summed E-state index contributed by atoms with van der Waals surface area (Å²) in [7, 11) is 0. The monoisotopic (exact) mass is 310 g/mol. The first kappa shape index (κ1) is 17.5. The van der Waals surface area contributed by atoms with E-state index in [9.17, 15) is 9.59 Å². The third kappa shape index (κ3) is 5.05. The number of carbonyl (C=O) groups excluding carboxylic acids is 2. The molecule has 0 saturated carbocycles. The molecule has 1 atom stereocenters. The van der Waals surface area contributed by atoms with Gasteiger partial charge in [0.25, 0.3) is 0 Å². The van der Waals surface area contributed by atoms with Gasteiger partial charge in [-0.2, -0.15) is 0 Å². The number of benzene rings is 1. The van der Waals surface area contributed by atoms with Crippen LogP contribution in [0.2, 0.25) is 5.02 Å². The van der Waals surface area contributed by atoms with Gasteiger partial charge in [-0.15, -0.1) is 0 Å². The molecule has 2 amide bonds. The Morgan fingerprint density at radius 3 is 2.62 bits per heavy atom. The molecule has 4 nitrogen and oxygen atoms in total. The highest BCUT2D eigenvalue weighted by atomic mass is 35.5. The Morgan fingerprint density at radius 1 is 1.38 bits per heavy atom. The summed E-state index contributed by atoms with van der Waals surface area (Å²) in [5.74, 6) is -0.119. The molecule has 1 rings (SSSR count). The van der Waals surface area contributed by atoms with Gasteiger partial charge >= 0.3 is 0 Å². The van der Waals surface area contributed by atoms with Crippen LogP contribution in [-0.2, 0) is 9.59 Å². The van der Waals surface area contributed by atoms with Gasteiger partial charge in [0.15, 0.2) is 0 Å². The zero-order valence-corrected chi connectivity index (χ0v) is 13.8. The molecule has 116 valence electrons. The summed E-state index contributed by atoms with van der Waals surface area (Å²) in [6, 6.07) is 5.54. The highest BCUT2D eigenvalue weighted by Crippen LogP contribution is 2.23. The first-order valence-electron chi connectivity index (χ1n) is 7.19. The fraction of sp³-hybridized carbons (Fsp3) is 0.500. The largest absolute Gasteiger partial charge is 0.340 e. The van der Waals surface area contributed by atoms with Gasteiger partial charge in [-0.05, 0) is 38.0 Å². The molecular formula is C16H23ClN2O2. The molecule has 1 aromatic carbocycles. The van der Waals surface area contributed by atoms with Crippen LogP contribution in [0, 0.1) is 6.92 Å². The number of rotatable bonds is 6. The Kier molecular flexibility index (Phi) is 6.69. The molecule has 5 heteroatoms. The molecule has 0 aliphatic carbocycles. The average Bonchev–Trinajstić information content (AvgIpc) is 2.43. The van der Waals surface area contributed by atoms with E-state index in [1.54, 1.807) is 17.0 Å². The topological polar surface area (TPSA) is 49.4 Å². The van der Waals surface area contributed by atoms with Crippen molar-refractivity contribution in [2.24, 2.45) is 0 Å². The SMILES string of the molecule is CCC(C)N(CCC(=O)Nc1cccc(Cl)c1C)C(C)=O. The maximum Gasteiger partial charge on any atom is 0.226 e. The molecule has 0 fully saturated rings. The average molecular weight is 311 g/mol. The van der Waals surface area contributed by atoms with Crippen LogP contribution in [0.4, 0.5) is 5.69 Å². The molecule has 0 saturated heterocycles. The van der Waals surface area contributed by atoms with Crippen LogP contribution in [0.3, 0.4) is 0 Å². The number of amides is 2. The van der Waals surface area contributed by atoms with Crippen molar-refractivity contribution in [3.8, 4) is 0 Å². The Bertz CT molecular complexity index is 517. The normalized spacial score (nSPS) is 11.9. The van der Waals surface area contributed by atoms with E-state index in [0.29, 0.717) is 17.3 Å². The maximum absolute atomic E-state index is 12.0. The maximum atomic E-state index is 12.0. The van der Waals surface area contributed by atoms with Crippen LogP contribution in [0.25, 0.3) is 0 Å². The molecule has 1 aromatic rings. The van der Waals surface area contributed by atoms with E-state index in [2.05, 4.69) is 5.32 Å². The van der Waals surface area contributed by atoms with Crippen molar-refractivity contribution in [3.05, 3.63) is 28.8 Å². The third-order valence-corrected chi connectivity index (χ3v) is 4.06. The molecule has 0 aliphatic rings. The molecule has 0 spiro atoms. The van der Waals surface area contributed by atoms with Crippen molar-refractivity contribution in [2.45, 2.75) is 46.6 Å². The minimum Gasteiger partial charge on any atom is -0.340 e. The molecule has 0 aliphatic heterocycles. The highest BCUT2D eigenvalue weighted by molar-refractivity contribution is 6.31. The second-order valence-corrected chi connectivity index (χ2v) is 5.59. The Balaban J connectivity index is 2.61. The number of carbonyl (C=O) groups is 2. The smallest absolute Gasteiger partial charge is 0.226 e. The van der Waals surface area contributed by atoms with Crippen molar-refractivity contribution in [2.75, 3.05) is 11.9 Å². The summed E-state index contributed by atoms with van der Waals surface area (Å²) in [4.78, 5) is 25.3. The van der Waals surface area contributed by atoms with E-state index in [-0.39, 0.29) is 24.3 Å². The summed E-state index contributed by atoms with van der Waals surface area (Å²) in [6.45, 7) is 7.83. The van der Waals surface area contributed by atoms with E-state index in [1.165, 1.54) is 6.92 Å². The van der Waals surface area contributed by atoms with Gasteiger partial charge in [0.05, 0.1) is 0 Å². The second kappa shape index (κ2) is 8.03. The lowest BCUT2D eigenvalue weighted by atomic mass is 10.2. The van der Waals surface area contributed by atoms with Crippen LogP contribution in [0.5, 0.6) is 0 Å². The van der Waals surface area contributed by atoms with Gasteiger partial charge < -0.3 is 10.2 Å². The minimum atomic E-state index is -0.116. The molecule has 1 unspecified atom stereocenters. The Morgan fingerprint density at radius 2 is 2.05 bits per heavy atom. The fourth-order valence-electron chi connectivity index (χ4n) is 2.09.